The summed E-state index contributed by atoms with van der Waals surface area (Å²) in [5, 5.41) is 3.09. The van der Waals surface area contributed by atoms with Gasteiger partial charge in [-0.15, -0.1) is 0 Å². The highest BCUT2D eigenvalue weighted by Crippen LogP contribution is 2.25. The summed E-state index contributed by atoms with van der Waals surface area (Å²) in [4.78, 5) is 24.4. The van der Waals surface area contributed by atoms with Crippen molar-refractivity contribution in [2.45, 2.75) is 57.9 Å². The Labute approximate surface area is 197 Å². The van der Waals surface area contributed by atoms with Gasteiger partial charge in [-0.2, -0.15) is 4.31 Å². The van der Waals surface area contributed by atoms with Crippen molar-refractivity contribution in [3.05, 3.63) is 65.2 Å². The highest BCUT2D eigenvalue weighted by molar-refractivity contribution is 7.89. The maximum absolute atomic E-state index is 12.9. The molecule has 0 bridgehead atoms. The number of hydrogen-bond donors (Lipinski definition) is 1. The number of carbonyl (C=O) groups excluding carboxylic acids is 2. The molecule has 1 saturated heterocycles. The van der Waals surface area contributed by atoms with Gasteiger partial charge >= 0.3 is 0 Å². The van der Waals surface area contributed by atoms with Crippen LogP contribution in [-0.4, -0.2) is 37.5 Å². The molecular formula is C26H34N2O4S. The summed E-state index contributed by atoms with van der Waals surface area (Å²) in [6.45, 7) is 8.40. The molecule has 33 heavy (non-hydrogen) atoms. The molecule has 0 spiro atoms. The van der Waals surface area contributed by atoms with E-state index >= 15 is 0 Å². The normalized spacial score (nSPS) is 16.5. The first kappa shape index (κ1) is 25.1. The molecule has 3 rings (SSSR count). The number of ketones is 1. The van der Waals surface area contributed by atoms with Crippen LogP contribution in [0.4, 0.5) is 0 Å². The minimum atomic E-state index is -3.64. The van der Waals surface area contributed by atoms with E-state index in [-0.39, 0.29) is 28.5 Å². The first-order chi connectivity index (χ1) is 15.6. The molecule has 0 aliphatic carbocycles. The van der Waals surface area contributed by atoms with Gasteiger partial charge in [-0.25, -0.2) is 8.42 Å². The van der Waals surface area contributed by atoms with Crippen molar-refractivity contribution >= 4 is 21.7 Å². The predicted octanol–water partition coefficient (Wildman–Crippen LogP) is 4.37. The Kier molecular flexibility index (Phi) is 8.08. The molecule has 1 atom stereocenters. The van der Waals surface area contributed by atoms with Gasteiger partial charge in [-0.3, -0.25) is 9.59 Å². The molecule has 1 unspecified atom stereocenters. The fourth-order valence-electron chi connectivity index (χ4n) is 4.20. The molecule has 1 aliphatic rings. The summed E-state index contributed by atoms with van der Waals surface area (Å²) in [6.07, 6.45) is 2.00. The first-order valence-electron chi connectivity index (χ1n) is 11.6. The highest BCUT2D eigenvalue weighted by atomic mass is 32.2. The average molecular weight is 471 g/mol. The van der Waals surface area contributed by atoms with Crippen LogP contribution in [0.15, 0.2) is 53.4 Å². The van der Waals surface area contributed by atoms with Gasteiger partial charge in [0.15, 0.2) is 5.78 Å². The van der Waals surface area contributed by atoms with Crippen molar-refractivity contribution in [2.24, 2.45) is 11.8 Å². The lowest BCUT2D eigenvalue weighted by atomic mass is 9.96. The number of sulfonamides is 1. The Bertz CT molecular complexity index is 1070. The third-order valence-electron chi connectivity index (χ3n) is 6.21. The molecular weight excluding hydrogens is 436 g/mol. The van der Waals surface area contributed by atoms with Gasteiger partial charge in [-0.1, -0.05) is 50.2 Å². The molecule has 178 valence electrons. The fraction of sp³-hybridized carbons (Fsp3) is 0.462. The summed E-state index contributed by atoms with van der Waals surface area (Å²) in [7, 11) is -3.64. The molecule has 1 heterocycles. The summed E-state index contributed by atoms with van der Waals surface area (Å²) >= 11 is 0. The van der Waals surface area contributed by atoms with Gasteiger partial charge in [0.1, 0.15) is 0 Å². The lowest BCUT2D eigenvalue weighted by Crippen LogP contribution is -2.43. The second-order valence-corrected chi connectivity index (χ2v) is 11.3. The zero-order valence-corrected chi connectivity index (χ0v) is 20.7. The van der Waals surface area contributed by atoms with E-state index in [9.17, 15) is 18.0 Å². The molecule has 0 saturated carbocycles. The van der Waals surface area contributed by atoms with Crippen LogP contribution in [0.1, 0.15) is 68.1 Å². The van der Waals surface area contributed by atoms with Gasteiger partial charge in [0.2, 0.25) is 15.9 Å². The number of hydrogen-bond acceptors (Lipinski definition) is 4. The van der Waals surface area contributed by atoms with E-state index in [4.69, 9.17) is 0 Å². The van der Waals surface area contributed by atoms with Crippen molar-refractivity contribution in [2.75, 3.05) is 13.1 Å². The van der Waals surface area contributed by atoms with Crippen LogP contribution in [0, 0.1) is 11.8 Å². The van der Waals surface area contributed by atoms with Crippen molar-refractivity contribution in [1.29, 1.82) is 0 Å². The molecule has 1 N–H and O–H groups in total. The van der Waals surface area contributed by atoms with Crippen LogP contribution in [0.5, 0.6) is 0 Å². The number of carbonyl (C=O) groups is 2. The number of rotatable bonds is 8. The third-order valence-corrected chi connectivity index (χ3v) is 8.12. The Morgan fingerprint density at radius 2 is 1.55 bits per heavy atom. The molecule has 1 aliphatic heterocycles. The van der Waals surface area contributed by atoms with Crippen LogP contribution in [-0.2, 0) is 21.2 Å². The van der Waals surface area contributed by atoms with E-state index in [1.54, 1.807) is 0 Å². The number of nitrogens with zero attached hydrogens (tertiary/aromatic N) is 1. The number of piperidine rings is 1. The third kappa shape index (κ3) is 6.30. The van der Waals surface area contributed by atoms with Gasteiger partial charge < -0.3 is 5.32 Å². The smallest absolute Gasteiger partial charge is 0.243 e. The topological polar surface area (TPSA) is 83.6 Å². The number of amides is 1. The summed E-state index contributed by atoms with van der Waals surface area (Å²) in [5.74, 6) is 0.255. The second-order valence-electron chi connectivity index (χ2n) is 9.33. The molecule has 1 amide bonds. The van der Waals surface area contributed by atoms with E-state index in [0.717, 1.165) is 12.0 Å². The zero-order valence-electron chi connectivity index (χ0n) is 19.9. The quantitative estimate of drug-likeness (QED) is 0.581. The van der Waals surface area contributed by atoms with Crippen molar-refractivity contribution in [1.82, 2.24) is 9.62 Å². The number of benzene rings is 2. The van der Waals surface area contributed by atoms with Crippen molar-refractivity contribution in [3.63, 3.8) is 0 Å². The van der Waals surface area contributed by atoms with E-state index in [1.165, 1.54) is 41.1 Å². The molecule has 6 nitrogen and oxygen atoms in total. The van der Waals surface area contributed by atoms with Gasteiger partial charge in [0.25, 0.3) is 0 Å². The van der Waals surface area contributed by atoms with Crippen molar-refractivity contribution < 1.29 is 18.0 Å². The van der Waals surface area contributed by atoms with Gasteiger partial charge in [0.05, 0.1) is 10.9 Å². The predicted molar refractivity (Wildman–Crippen MR) is 129 cm³/mol. The molecule has 0 radical (unpaired) electrons. The Balaban J connectivity index is 1.55. The number of Topliss-reactive ketones (excluding diaryl/α,β-unsaturated/α-hetero) is 1. The maximum Gasteiger partial charge on any atom is 0.243 e. The van der Waals surface area contributed by atoms with Gasteiger partial charge in [0, 0.05) is 24.6 Å². The SMILES string of the molecule is CC(=O)c1ccc(S(=O)(=O)N2CCC(C(=O)NC(C)c3ccc(CC(C)C)cc3)CC2)cc1. The minimum Gasteiger partial charge on any atom is -0.349 e. The Morgan fingerprint density at radius 1 is 0.970 bits per heavy atom. The lowest BCUT2D eigenvalue weighted by Gasteiger charge is -2.31. The summed E-state index contributed by atoms with van der Waals surface area (Å²) in [6, 6.07) is 14.3. The highest BCUT2D eigenvalue weighted by Gasteiger charge is 2.32. The van der Waals surface area contributed by atoms with Gasteiger partial charge in [-0.05, 0) is 62.3 Å². The zero-order chi connectivity index (χ0) is 24.2. The first-order valence-corrected chi connectivity index (χ1v) is 13.0. The lowest BCUT2D eigenvalue weighted by molar-refractivity contribution is -0.126. The van der Waals surface area contributed by atoms with Crippen LogP contribution in [0.25, 0.3) is 0 Å². The van der Waals surface area contributed by atoms with Crippen LogP contribution in [0.3, 0.4) is 0 Å². The van der Waals surface area contributed by atoms with E-state index in [2.05, 4.69) is 43.4 Å². The molecule has 2 aromatic rings. The van der Waals surface area contributed by atoms with Crippen LogP contribution >= 0.6 is 0 Å². The van der Waals surface area contributed by atoms with E-state index in [0.29, 0.717) is 37.4 Å². The average Bonchev–Trinajstić information content (AvgIpc) is 2.79. The minimum absolute atomic E-state index is 0.0309. The van der Waals surface area contributed by atoms with Crippen molar-refractivity contribution in [3.8, 4) is 0 Å². The largest absolute Gasteiger partial charge is 0.349 e. The molecule has 1 fully saturated rings. The van der Waals surface area contributed by atoms with Crippen LogP contribution < -0.4 is 5.32 Å². The fourth-order valence-corrected chi connectivity index (χ4v) is 5.67. The monoisotopic (exact) mass is 470 g/mol. The molecule has 0 aromatic heterocycles. The second kappa shape index (κ2) is 10.6. The summed E-state index contributed by atoms with van der Waals surface area (Å²) < 4.78 is 27.3. The van der Waals surface area contributed by atoms with Crippen LogP contribution in [0.2, 0.25) is 0 Å². The number of nitrogens with one attached hydrogen (secondary N) is 1. The molecule has 2 aromatic carbocycles. The standard InChI is InChI=1S/C26H34N2O4S/c1-18(2)17-21-5-7-22(8-6-21)19(3)27-26(30)24-13-15-28(16-14-24)33(31,32)25-11-9-23(10-12-25)20(4)29/h5-12,18-19,24H,13-17H2,1-4H3,(H,27,30). The summed E-state index contributed by atoms with van der Waals surface area (Å²) in [5.41, 5.74) is 2.83. The Morgan fingerprint density at radius 3 is 2.06 bits per heavy atom. The Hall–Kier alpha value is -2.51. The van der Waals surface area contributed by atoms with E-state index < -0.39 is 10.0 Å². The van der Waals surface area contributed by atoms with E-state index in [1.807, 2.05) is 6.92 Å². The maximum atomic E-state index is 12.9. The molecule has 7 heteroatoms.